The molecule has 0 bridgehead atoms. The number of aromatic nitrogens is 1. The van der Waals surface area contributed by atoms with Gasteiger partial charge in [0.25, 0.3) is 5.91 Å². The van der Waals surface area contributed by atoms with Crippen LogP contribution in [0.25, 0.3) is 0 Å². The number of carbonyl (C=O) groups is 1. The number of hydrogen-bond acceptors (Lipinski definition) is 4. The number of fused-ring (bicyclic) bond motifs is 1. The quantitative estimate of drug-likeness (QED) is 0.768. The Kier molecular flexibility index (Phi) is 4.27. The average molecular weight is 345 g/mol. The van der Waals surface area contributed by atoms with Crippen molar-refractivity contribution in [1.82, 2.24) is 4.98 Å². The SMILES string of the molecule is CCOc1ccc(N2C(=O)c3ccccc3N[C@H]2c2ccncc2)cc1. The highest BCUT2D eigenvalue weighted by Crippen LogP contribution is 2.36. The van der Waals surface area contributed by atoms with Crippen LogP contribution in [0.2, 0.25) is 0 Å². The number of nitrogens with one attached hydrogen (secondary N) is 1. The molecule has 130 valence electrons. The predicted molar refractivity (Wildman–Crippen MR) is 101 cm³/mol. The van der Waals surface area contributed by atoms with Crippen molar-refractivity contribution in [2.75, 3.05) is 16.8 Å². The van der Waals surface area contributed by atoms with Gasteiger partial charge in [0.2, 0.25) is 0 Å². The highest BCUT2D eigenvalue weighted by atomic mass is 16.5. The van der Waals surface area contributed by atoms with Gasteiger partial charge in [0, 0.05) is 23.8 Å². The molecular formula is C21H19N3O2. The molecule has 2 heterocycles. The van der Waals surface area contributed by atoms with E-state index in [2.05, 4.69) is 10.3 Å². The Bertz CT molecular complexity index is 910. The first-order valence-corrected chi connectivity index (χ1v) is 8.60. The first kappa shape index (κ1) is 16.1. The number of ether oxygens (including phenoxy) is 1. The maximum absolute atomic E-state index is 13.3. The molecule has 1 aromatic heterocycles. The molecular weight excluding hydrogens is 326 g/mol. The number of nitrogens with zero attached hydrogens (tertiary/aromatic N) is 2. The maximum Gasteiger partial charge on any atom is 0.262 e. The van der Waals surface area contributed by atoms with Gasteiger partial charge in [0.05, 0.1) is 12.2 Å². The van der Waals surface area contributed by atoms with Gasteiger partial charge in [-0.25, -0.2) is 0 Å². The Balaban J connectivity index is 1.79. The van der Waals surface area contributed by atoms with Gasteiger partial charge in [-0.15, -0.1) is 0 Å². The van der Waals surface area contributed by atoms with E-state index in [0.717, 1.165) is 22.7 Å². The first-order chi connectivity index (χ1) is 12.8. The van der Waals surface area contributed by atoms with E-state index in [1.165, 1.54) is 0 Å². The van der Waals surface area contributed by atoms with E-state index in [1.54, 1.807) is 17.3 Å². The molecule has 1 aliphatic heterocycles. The zero-order chi connectivity index (χ0) is 17.9. The third-order valence-corrected chi connectivity index (χ3v) is 4.37. The molecule has 1 N–H and O–H groups in total. The molecule has 2 aromatic carbocycles. The van der Waals surface area contributed by atoms with Gasteiger partial charge in [-0.1, -0.05) is 12.1 Å². The van der Waals surface area contributed by atoms with Gasteiger partial charge in [0.15, 0.2) is 0 Å². The Hall–Kier alpha value is -3.34. The minimum absolute atomic E-state index is 0.0367. The Morgan fingerprint density at radius 3 is 2.50 bits per heavy atom. The molecule has 26 heavy (non-hydrogen) atoms. The molecule has 0 saturated carbocycles. The van der Waals surface area contributed by atoms with Crippen molar-refractivity contribution in [2.24, 2.45) is 0 Å². The summed E-state index contributed by atoms with van der Waals surface area (Å²) in [5, 5.41) is 3.48. The zero-order valence-electron chi connectivity index (χ0n) is 14.4. The lowest BCUT2D eigenvalue weighted by Gasteiger charge is -2.38. The lowest BCUT2D eigenvalue weighted by Crippen LogP contribution is -2.43. The second-order valence-electron chi connectivity index (χ2n) is 5.98. The second-order valence-corrected chi connectivity index (χ2v) is 5.98. The Labute approximate surface area is 152 Å². The van der Waals surface area contributed by atoms with Crippen molar-refractivity contribution in [2.45, 2.75) is 13.1 Å². The van der Waals surface area contributed by atoms with E-state index >= 15 is 0 Å². The number of carbonyl (C=O) groups excluding carboxylic acids is 1. The van der Waals surface area contributed by atoms with Gasteiger partial charge >= 0.3 is 0 Å². The molecule has 5 nitrogen and oxygen atoms in total. The summed E-state index contributed by atoms with van der Waals surface area (Å²) in [6, 6.07) is 19.0. The minimum atomic E-state index is -0.307. The number of anilines is 2. The number of rotatable bonds is 4. The Morgan fingerprint density at radius 2 is 1.77 bits per heavy atom. The van der Waals surface area contributed by atoms with Crippen LogP contribution < -0.4 is 15.0 Å². The van der Waals surface area contributed by atoms with Crippen LogP contribution in [0.3, 0.4) is 0 Å². The molecule has 0 radical (unpaired) electrons. The van der Waals surface area contributed by atoms with Gasteiger partial charge in [-0.2, -0.15) is 0 Å². The number of pyridine rings is 1. The number of benzene rings is 2. The zero-order valence-corrected chi connectivity index (χ0v) is 14.4. The standard InChI is InChI=1S/C21H19N3O2/c1-2-26-17-9-7-16(8-10-17)24-20(15-11-13-22-14-12-15)23-19-6-4-3-5-18(19)21(24)25/h3-14,20,23H,2H2,1H3/t20-/m1/s1. The van der Waals surface area contributed by atoms with E-state index < -0.39 is 0 Å². The van der Waals surface area contributed by atoms with E-state index in [4.69, 9.17) is 4.74 Å². The summed E-state index contributed by atoms with van der Waals surface area (Å²) in [6.45, 7) is 2.55. The molecule has 1 atom stereocenters. The second kappa shape index (κ2) is 6.88. The van der Waals surface area contributed by atoms with Crippen LogP contribution in [-0.2, 0) is 0 Å². The van der Waals surface area contributed by atoms with Gasteiger partial charge in [0.1, 0.15) is 11.9 Å². The van der Waals surface area contributed by atoms with Crippen LogP contribution in [0.4, 0.5) is 11.4 Å². The van der Waals surface area contributed by atoms with Crippen molar-refractivity contribution in [3.05, 3.63) is 84.2 Å². The number of amides is 1. The lowest BCUT2D eigenvalue weighted by atomic mass is 10.0. The molecule has 0 aliphatic carbocycles. The third-order valence-electron chi connectivity index (χ3n) is 4.37. The summed E-state index contributed by atoms with van der Waals surface area (Å²) in [7, 11) is 0. The highest BCUT2D eigenvalue weighted by Gasteiger charge is 2.33. The molecule has 5 heteroatoms. The fourth-order valence-corrected chi connectivity index (χ4v) is 3.17. The maximum atomic E-state index is 13.3. The minimum Gasteiger partial charge on any atom is -0.494 e. The van der Waals surface area contributed by atoms with Crippen LogP contribution in [0.1, 0.15) is 29.0 Å². The highest BCUT2D eigenvalue weighted by molar-refractivity contribution is 6.12. The normalized spacial score (nSPS) is 16.0. The van der Waals surface area contributed by atoms with Crippen molar-refractivity contribution in [1.29, 1.82) is 0 Å². The van der Waals surface area contributed by atoms with Crippen molar-refractivity contribution < 1.29 is 9.53 Å². The first-order valence-electron chi connectivity index (χ1n) is 8.60. The lowest BCUT2D eigenvalue weighted by molar-refractivity contribution is 0.0975. The largest absolute Gasteiger partial charge is 0.494 e. The van der Waals surface area contributed by atoms with Crippen LogP contribution in [0, 0.1) is 0 Å². The van der Waals surface area contributed by atoms with Crippen LogP contribution in [0.15, 0.2) is 73.1 Å². The van der Waals surface area contributed by atoms with Gasteiger partial charge in [-0.05, 0) is 61.0 Å². The van der Waals surface area contributed by atoms with Crippen molar-refractivity contribution >= 4 is 17.3 Å². The molecule has 3 aromatic rings. The van der Waals surface area contributed by atoms with E-state index in [-0.39, 0.29) is 12.1 Å². The van der Waals surface area contributed by atoms with Crippen molar-refractivity contribution in [3.63, 3.8) is 0 Å². The topological polar surface area (TPSA) is 54.5 Å². The van der Waals surface area contributed by atoms with E-state index in [0.29, 0.717) is 12.2 Å². The van der Waals surface area contributed by atoms with Gasteiger partial charge in [-0.3, -0.25) is 14.7 Å². The molecule has 0 saturated heterocycles. The Morgan fingerprint density at radius 1 is 1.04 bits per heavy atom. The number of para-hydroxylation sites is 1. The predicted octanol–water partition coefficient (Wildman–Crippen LogP) is 4.25. The molecule has 1 amide bonds. The number of hydrogen-bond donors (Lipinski definition) is 1. The monoisotopic (exact) mass is 345 g/mol. The third kappa shape index (κ3) is 2.88. The van der Waals surface area contributed by atoms with Crippen molar-refractivity contribution in [3.8, 4) is 5.75 Å². The average Bonchev–Trinajstić information content (AvgIpc) is 2.70. The van der Waals surface area contributed by atoms with E-state index in [1.807, 2.05) is 67.6 Å². The summed E-state index contributed by atoms with van der Waals surface area (Å²) < 4.78 is 5.52. The fourth-order valence-electron chi connectivity index (χ4n) is 3.17. The summed E-state index contributed by atoms with van der Waals surface area (Å²) in [5.41, 5.74) is 3.27. The van der Waals surface area contributed by atoms with Gasteiger partial charge < -0.3 is 10.1 Å². The molecule has 4 rings (SSSR count). The van der Waals surface area contributed by atoms with Crippen LogP contribution in [-0.4, -0.2) is 17.5 Å². The fraction of sp³-hybridized carbons (Fsp3) is 0.143. The molecule has 0 unspecified atom stereocenters. The van der Waals surface area contributed by atoms with Crippen LogP contribution >= 0.6 is 0 Å². The molecule has 0 fully saturated rings. The van der Waals surface area contributed by atoms with Crippen LogP contribution in [0.5, 0.6) is 5.75 Å². The molecule has 1 aliphatic rings. The summed E-state index contributed by atoms with van der Waals surface area (Å²) in [6.07, 6.45) is 3.16. The summed E-state index contributed by atoms with van der Waals surface area (Å²) in [5.74, 6) is 0.750. The summed E-state index contributed by atoms with van der Waals surface area (Å²) >= 11 is 0. The molecule has 0 spiro atoms. The smallest absolute Gasteiger partial charge is 0.262 e. The van der Waals surface area contributed by atoms with E-state index in [9.17, 15) is 4.79 Å². The summed E-state index contributed by atoms with van der Waals surface area (Å²) in [4.78, 5) is 19.1.